The Morgan fingerprint density at radius 1 is 1.00 bits per heavy atom. The lowest BCUT2D eigenvalue weighted by atomic mass is 10.0. The number of halogens is 1. The molecule has 27 heavy (non-hydrogen) atoms. The number of nitrogens with zero attached hydrogens (tertiary/aromatic N) is 3. The number of benzene rings is 2. The van der Waals surface area contributed by atoms with Gasteiger partial charge in [0.1, 0.15) is 0 Å². The van der Waals surface area contributed by atoms with E-state index in [0.717, 1.165) is 41.6 Å². The van der Waals surface area contributed by atoms with Crippen LogP contribution in [0, 0.1) is 0 Å². The second-order valence-electron chi connectivity index (χ2n) is 7.01. The van der Waals surface area contributed by atoms with Crippen LogP contribution in [0.25, 0.3) is 11.4 Å². The molecule has 1 aliphatic heterocycles. The molecule has 0 saturated carbocycles. The molecule has 0 bridgehead atoms. The third-order valence-electron chi connectivity index (χ3n) is 4.86. The smallest absolute Gasteiger partial charge is 0.159 e. The summed E-state index contributed by atoms with van der Waals surface area (Å²) in [5.41, 5.74) is 3.32. The molecule has 5 heteroatoms. The Balaban J connectivity index is 1.36. The first-order valence-corrected chi connectivity index (χ1v) is 9.75. The Morgan fingerprint density at radius 2 is 1.74 bits per heavy atom. The summed E-state index contributed by atoms with van der Waals surface area (Å²) in [5, 5.41) is 4.37. The van der Waals surface area contributed by atoms with Crippen LogP contribution in [0.4, 0.5) is 5.69 Å². The summed E-state index contributed by atoms with van der Waals surface area (Å²) in [4.78, 5) is 11.5. The first-order chi connectivity index (χ1) is 13.3. The zero-order chi connectivity index (χ0) is 18.5. The number of rotatable bonds is 5. The Kier molecular flexibility index (Phi) is 5.66. The van der Waals surface area contributed by atoms with Crippen molar-refractivity contribution in [2.45, 2.75) is 25.4 Å². The summed E-state index contributed by atoms with van der Waals surface area (Å²) in [7, 11) is 0. The van der Waals surface area contributed by atoms with Gasteiger partial charge in [-0.1, -0.05) is 29.8 Å². The van der Waals surface area contributed by atoms with Crippen molar-refractivity contribution in [2.24, 2.45) is 0 Å². The molecule has 3 aromatic rings. The summed E-state index contributed by atoms with van der Waals surface area (Å²) in [6.45, 7) is 3.04. The summed E-state index contributed by atoms with van der Waals surface area (Å²) in [6, 6.07) is 18.5. The summed E-state index contributed by atoms with van der Waals surface area (Å²) in [5.74, 6) is 0.734. The lowest BCUT2D eigenvalue weighted by molar-refractivity contribution is 0.208. The van der Waals surface area contributed by atoms with Gasteiger partial charge < -0.3 is 5.32 Å². The van der Waals surface area contributed by atoms with Crippen LogP contribution in [-0.4, -0.2) is 34.0 Å². The van der Waals surface area contributed by atoms with Gasteiger partial charge in [-0.05, 0) is 55.8 Å². The van der Waals surface area contributed by atoms with Gasteiger partial charge in [-0.15, -0.1) is 0 Å². The molecule has 4 rings (SSSR count). The van der Waals surface area contributed by atoms with Crippen molar-refractivity contribution in [1.82, 2.24) is 14.9 Å². The van der Waals surface area contributed by atoms with Gasteiger partial charge >= 0.3 is 0 Å². The van der Waals surface area contributed by atoms with Gasteiger partial charge in [0.2, 0.25) is 0 Å². The van der Waals surface area contributed by atoms with Crippen molar-refractivity contribution in [3.8, 4) is 11.4 Å². The van der Waals surface area contributed by atoms with Crippen molar-refractivity contribution < 1.29 is 0 Å². The van der Waals surface area contributed by atoms with E-state index in [-0.39, 0.29) is 0 Å². The second kappa shape index (κ2) is 8.51. The van der Waals surface area contributed by atoms with Crippen LogP contribution in [0.2, 0.25) is 5.02 Å². The fraction of sp³-hybridized carbons (Fsp3) is 0.273. The zero-order valence-electron chi connectivity index (χ0n) is 15.2. The highest BCUT2D eigenvalue weighted by Crippen LogP contribution is 2.20. The van der Waals surface area contributed by atoms with Crippen LogP contribution in [0.5, 0.6) is 0 Å². The topological polar surface area (TPSA) is 41.1 Å². The number of anilines is 1. The van der Waals surface area contributed by atoms with Crippen molar-refractivity contribution >= 4 is 17.3 Å². The van der Waals surface area contributed by atoms with E-state index in [1.54, 1.807) is 0 Å². The molecule has 1 fully saturated rings. The average Bonchev–Trinajstić information content (AvgIpc) is 2.70. The first kappa shape index (κ1) is 18.0. The largest absolute Gasteiger partial charge is 0.381 e. The summed E-state index contributed by atoms with van der Waals surface area (Å²) >= 11 is 5.94. The number of aromatic nitrogens is 2. The van der Waals surface area contributed by atoms with Crippen LogP contribution in [-0.2, 0) is 6.54 Å². The summed E-state index contributed by atoms with van der Waals surface area (Å²) in [6.07, 6.45) is 6.28. The quantitative estimate of drug-likeness (QED) is 0.687. The van der Waals surface area contributed by atoms with Crippen LogP contribution in [0.15, 0.2) is 67.0 Å². The van der Waals surface area contributed by atoms with E-state index in [1.807, 2.05) is 42.7 Å². The lowest BCUT2D eigenvalue weighted by Crippen LogP contribution is -2.41. The maximum atomic E-state index is 5.94. The highest BCUT2D eigenvalue weighted by Gasteiger charge is 2.20. The molecule has 1 N–H and O–H groups in total. The predicted octanol–water partition coefficient (Wildman–Crippen LogP) is 4.87. The Morgan fingerprint density at radius 3 is 2.48 bits per heavy atom. The normalized spacial score (nSPS) is 17.6. The standard InChI is InChI=1S/C22H23ClN4/c23-19-10-8-18(9-11-19)22-24-13-17(14-25-22)15-27-12-4-7-21(16-27)26-20-5-2-1-3-6-20/h1-3,5-6,8-11,13-14,21,26H,4,7,12,15-16H2. The SMILES string of the molecule is Clc1ccc(-c2ncc(CN3CCCC(Nc4ccccc4)C3)cn2)cc1. The molecule has 0 amide bonds. The molecule has 1 aliphatic rings. The van der Waals surface area contributed by atoms with Crippen LogP contribution >= 0.6 is 11.6 Å². The number of hydrogen-bond donors (Lipinski definition) is 1. The molecule has 2 heterocycles. The maximum absolute atomic E-state index is 5.94. The van der Waals surface area contributed by atoms with Crippen LogP contribution < -0.4 is 5.32 Å². The van der Waals surface area contributed by atoms with Crippen molar-refractivity contribution in [1.29, 1.82) is 0 Å². The average molecular weight is 379 g/mol. The van der Waals surface area contributed by atoms with E-state index in [9.17, 15) is 0 Å². The molecule has 1 unspecified atom stereocenters. The van der Waals surface area contributed by atoms with Gasteiger partial charge in [0.15, 0.2) is 5.82 Å². The van der Waals surface area contributed by atoms with Gasteiger partial charge in [-0.2, -0.15) is 0 Å². The summed E-state index contributed by atoms with van der Waals surface area (Å²) < 4.78 is 0. The van der Waals surface area contributed by atoms with E-state index in [2.05, 4.69) is 44.5 Å². The van der Waals surface area contributed by atoms with Crippen LogP contribution in [0.3, 0.4) is 0 Å². The fourth-order valence-electron chi connectivity index (χ4n) is 3.53. The van der Waals surface area contributed by atoms with Crippen molar-refractivity contribution in [2.75, 3.05) is 18.4 Å². The van der Waals surface area contributed by atoms with E-state index in [4.69, 9.17) is 11.6 Å². The molecule has 0 radical (unpaired) electrons. The Labute approximate surface area is 165 Å². The maximum Gasteiger partial charge on any atom is 0.159 e. The van der Waals surface area contributed by atoms with E-state index < -0.39 is 0 Å². The number of para-hydroxylation sites is 1. The van der Waals surface area contributed by atoms with Crippen LogP contribution in [0.1, 0.15) is 18.4 Å². The Bertz CT molecular complexity index is 850. The van der Waals surface area contributed by atoms with Crippen molar-refractivity contribution in [3.05, 3.63) is 77.6 Å². The van der Waals surface area contributed by atoms with Gasteiger partial charge in [0.05, 0.1) is 0 Å². The Hall–Kier alpha value is -2.43. The molecule has 0 spiro atoms. The number of piperidine rings is 1. The van der Waals surface area contributed by atoms with Gasteiger partial charge in [0.25, 0.3) is 0 Å². The molecular weight excluding hydrogens is 356 g/mol. The van der Waals surface area contributed by atoms with Gasteiger partial charge in [-0.25, -0.2) is 9.97 Å². The van der Waals surface area contributed by atoms with E-state index in [1.165, 1.54) is 18.5 Å². The van der Waals surface area contributed by atoms with E-state index >= 15 is 0 Å². The van der Waals surface area contributed by atoms with Gasteiger partial charge in [-0.3, -0.25) is 4.90 Å². The molecule has 1 atom stereocenters. The van der Waals surface area contributed by atoms with Gasteiger partial charge in [0, 0.05) is 53.4 Å². The predicted molar refractivity (Wildman–Crippen MR) is 111 cm³/mol. The first-order valence-electron chi connectivity index (χ1n) is 9.37. The molecule has 138 valence electrons. The minimum absolute atomic E-state index is 0.482. The highest BCUT2D eigenvalue weighted by molar-refractivity contribution is 6.30. The van der Waals surface area contributed by atoms with Crippen molar-refractivity contribution in [3.63, 3.8) is 0 Å². The minimum Gasteiger partial charge on any atom is -0.381 e. The highest BCUT2D eigenvalue weighted by atomic mass is 35.5. The van der Waals surface area contributed by atoms with E-state index in [0.29, 0.717) is 6.04 Å². The molecule has 1 saturated heterocycles. The molecule has 0 aliphatic carbocycles. The molecule has 4 nitrogen and oxygen atoms in total. The third kappa shape index (κ3) is 4.85. The second-order valence-corrected chi connectivity index (χ2v) is 7.44. The number of hydrogen-bond acceptors (Lipinski definition) is 4. The molecular formula is C22H23ClN4. The fourth-order valence-corrected chi connectivity index (χ4v) is 3.66. The zero-order valence-corrected chi connectivity index (χ0v) is 15.9. The number of likely N-dealkylation sites (tertiary alicyclic amines) is 1. The molecule has 1 aromatic heterocycles. The minimum atomic E-state index is 0.482. The molecule has 2 aromatic carbocycles. The third-order valence-corrected chi connectivity index (χ3v) is 5.12. The number of nitrogens with one attached hydrogen (secondary N) is 1. The monoisotopic (exact) mass is 378 g/mol. The lowest BCUT2D eigenvalue weighted by Gasteiger charge is -2.33.